The Morgan fingerprint density at radius 3 is 2.52 bits per heavy atom. The summed E-state index contributed by atoms with van der Waals surface area (Å²) in [5, 5.41) is 2.92. The second kappa shape index (κ2) is 7.83. The van der Waals surface area contributed by atoms with E-state index < -0.39 is 0 Å². The first kappa shape index (κ1) is 17.0. The van der Waals surface area contributed by atoms with E-state index in [1.165, 1.54) is 0 Å². The molecule has 0 aliphatic carbocycles. The molecule has 1 amide bonds. The molecule has 0 bridgehead atoms. The molecule has 2 aromatic heterocycles. The van der Waals surface area contributed by atoms with E-state index in [2.05, 4.69) is 33.1 Å². The molecule has 0 aliphatic heterocycles. The Hall–Kier alpha value is -3.47. The zero-order chi connectivity index (χ0) is 18.5. The van der Waals surface area contributed by atoms with E-state index in [4.69, 9.17) is 4.98 Å². The molecule has 0 saturated carbocycles. The largest absolute Gasteiger partial charge is 0.350 e. The molecule has 1 N–H and O–H groups in total. The number of nitrogens with one attached hydrogen (secondary N) is 1. The van der Waals surface area contributed by atoms with Crippen molar-refractivity contribution >= 4 is 16.9 Å². The van der Waals surface area contributed by atoms with Crippen LogP contribution in [0.15, 0.2) is 79.0 Å². The van der Waals surface area contributed by atoms with E-state index in [1.54, 1.807) is 6.20 Å². The van der Waals surface area contributed by atoms with Crippen molar-refractivity contribution in [3.63, 3.8) is 0 Å². The molecule has 0 spiro atoms. The van der Waals surface area contributed by atoms with Gasteiger partial charge in [0, 0.05) is 24.7 Å². The molecule has 0 radical (unpaired) electrons. The van der Waals surface area contributed by atoms with Crippen LogP contribution in [0.4, 0.5) is 0 Å². The van der Waals surface area contributed by atoms with Crippen molar-refractivity contribution in [2.45, 2.75) is 19.4 Å². The lowest BCUT2D eigenvalue weighted by Gasteiger charge is -2.09. The first-order valence-corrected chi connectivity index (χ1v) is 8.99. The van der Waals surface area contributed by atoms with E-state index in [1.807, 2.05) is 54.6 Å². The van der Waals surface area contributed by atoms with Crippen LogP contribution in [0.5, 0.6) is 0 Å². The number of amides is 1. The molecule has 0 aliphatic rings. The molecule has 4 rings (SSSR count). The van der Waals surface area contributed by atoms with Gasteiger partial charge in [0.2, 0.25) is 5.91 Å². The molecule has 2 aromatic carbocycles. The highest BCUT2D eigenvalue weighted by atomic mass is 16.1. The van der Waals surface area contributed by atoms with Crippen molar-refractivity contribution in [2.24, 2.45) is 0 Å². The molecule has 0 atom stereocenters. The maximum atomic E-state index is 12.3. The Morgan fingerprint density at radius 1 is 0.926 bits per heavy atom. The van der Waals surface area contributed by atoms with Crippen molar-refractivity contribution in [1.29, 1.82) is 0 Å². The van der Waals surface area contributed by atoms with Crippen LogP contribution < -0.4 is 5.32 Å². The number of benzene rings is 2. The van der Waals surface area contributed by atoms with Crippen LogP contribution in [0.1, 0.15) is 17.9 Å². The van der Waals surface area contributed by atoms with Crippen LogP contribution in [-0.4, -0.2) is 20.4 Å². The second-order valence-electron chi connectivity index (χ2n) is 6.29. The molecule has 0 unspecified atom stereocenters. The average Bonchev–Trinajstić information content (AvgIpc) is 3.10. The monoisotopic (exact) mass is 356 g/mol. The summed E-state index contributed by atoms with van der Waals surface area (Å²) in [6.07, 6.45) is 2.67. The number of rotatable bonds is 6. The summed E-state index contributed by atoms with van der Waals surface area (Å²) in [5.41, 5.74) is 3.88. The third-order valence-corrected chi connectivity index (χ3v) is 4.41. The summed E-state index contributed by atoms with van der Waals surface area (Å²) in [4.78, 5) is 21.2. The maximum Gasteiger partial charge on any atom is 0.220 e. The topological polar surface area (TPSA) is 59.8 Å². The summed E-state index contributed by atoms with van der Waals surface area (Å²) in [6, 6.07) is 23.8. The van der Waals surface area contributed by atoms with Gasteiger partial charge in [-0.2, -0.15) is 0 Å². The Balaban J connectivity index is 1.51. The number of nitrogens with zero attached hydrogens (tertiary/aromatic N) is 3. The van der Waals surface area contributed by atoms with E-state index in [9.17, 15) is 4.79 Å². The van der Waals surface area contributed by atoms with Gasteiger partial charge < -0.3 is 5.32 Å². The van der Waals surface area contributed by atoms with Gasteiger partial charge in [-0.15, -0.1) is 0 Å². The van der Waals surface area contributed by atoms with Crippen LogP contribution in [0.2, 0.25) is 0 Å². The number of hydrogen-bond acceptors (Lipinski definition) is 3. The highest BCUT2D eigenvalue weighted by Crippen LogP contribution is 2.22. The Bertz CT molecular complexity index is 1040. The zero-order valence-corrected chi connectivity index (χ0v) is 14.9. The van der Waals surface area contributed by atoms with Crippen molar-refractivity contribution in [3.8, 4) is 5.69 Å². The molecular weight excluding hydrogens is 336 g/mol. The summed E-state index contributed by atoms with van der Waals surface area (Å²) < 4.78 is 2.13. The first-order chi connectivity index (χ1) is 13.3. The third-order valence-electron chi connectivity index (χ3n) is 4.41. The first-order valence-electron chi connectivity index (χ1n) is 8.99. The Kier molecular flexibility index (Phi) is 4.92. The Morgan fingerprint density at radius 2 is 1.70 bits per heavy atom. The molecule has 2 heterocycles. The average molecular weight is 356 g/mol. The minimum Gasteiger partial charge on any atom is -0.350 e. The summed E-state index contributed by atoms with van der Waals surface area (Å²) in [5.74, 6) is 0.878. The second-order valence-corrected chi connectivity index (χ2v) is 6.29. The van der Waals surface area contributed by atoms with Gasteiger partial charge in [-0.1, -0.05) is 36.4 Å². The number of para-hydroxylation sites is 3. The highest BCUT2D eigenvalue weighted by Gasteiger charge is 2.13. The minimum atomic E-state index is -0.00711. The van der Waals surface area contributed by atoms with Gasteiger partial charge >= 0.3 is 0 Å². The smallest absolute Gasteiger partial charge is 0.220 e. The molecule has 0 fully saturated rings. The summed E-state index contributed by atoms with van der Waals surface area (Å²) >= 11 is 0. The van der Waals surface area contributed by atoms with Crippen molar-refractivity contribution in [1.82, 2.24) is 19.9 Å². The van der Waals surface area contributed by atoms with Gasteiger partial charge in [0.1, 0.15) is 5.82 Å². The lowest BCUT2D eigenvalue weighted by atomic mass is 10.2. The van der Waals surface area contributed by atoms with E-state index >= 15 is 0 Å². The summed E-state index contributed by atoms with van der Waals surface area (Å²) in [6.45, 7) is 0.439. The van der Waals surface area contributed by atoms with E-state index in [-0.39, 0.29) is 5.91 Å². The fourth-order valence-electron chi connectivity index (χ4n) is 3.11. The lowest BCUT2D eigenvalue weighted by molar-refractivity contribution is -0.121. The SMILES string of the molecule is O=C(CCc1nc2ccccc2n1-c1ccccc1)NCc1ccccn1. The fourth-order valence-corrected chi connectivity index (χ4v) is 3.11. The molecule has 5 heteroatoms. The van der Waals surface area contributed by atoms with Crippen LogP contribution in [0.3, 0.4) is 0 Å². The lowest BCUT2D eigenvalue weighted by Crippen LogP contribution is -2.23. The highest BCUT2D eigenvalue weighted by molar-refractivity contribution is 5.79. The number of carbonyl (C=O) groups is 1. The molecule has 134 valence electrons. The number of hydrogen-bond donors (Lipinski definition) is 1. The van der Waals surface area contributed by atoms with Gasteiger partial charge in [-0.25, -0.2) is 4.98 Å². The number of aromatic nitrogens is 3. The predicted molar refractivity (Wildman–Crippen MR) is 105 cm³/mol. The van der Waals surface area contributed by atoms with Crippen molar-refractivity contribution in [3.05, 3.63) is 90.5 Å². The normalized spacial score (nSPS) is 10.8. The maximum absolute atomic E-state index is 12.3. The number of pyridine rings is 1. The van der Waals surface area contributed by atoms with Crippen LogP contribution in [0.25, 0.3) is 16.7 Å². The van der Waals surface area contributed by atoms with Crippen molar-refractivity contribution in [2.75, 3.05) is 0 Å². The number of imidazole rings is 1. The van der Waals surface area contributed by atoms with E-state index in [0.717, 1.165) is 28.2 Å². The molecular formula is C22H20N4O. The van der Waals surface area contributed by atoms with Gasteiger partial charge in [0.25, 0.3) is 0 Å². The van der Waals surface area contributed by atoms with Crippen LogP contribution in [-0.2, 0) is 17.8 Å². The Labute approximate surface area is 157 Å². The van der Waals surface area contributed by atoms with E-state index in [0.29, 0.717) is 19.4 Å². The van der Waals surface area contributed by atoms with Gasteiger partial charge in [-0.3, -0.25) is 14.3 Å². The number of carbonyl (C=O) groups excluding carboxylic acids is 1. The van der Waals surface area contributed by atoms with Gasteiger partial charge in [0.05, 0.1) is 23.3 Å². The predicted octanol–water partition coefficient (Wildman–Crippen LogP) is 3.67. The van der Waals surface area contributed by atoms with Crippen molar-refractivity contribution < 1.29 is 4.79 Å². The number of fused-ring (bicyclic) bond motifs is 1. The molecule has 0 saturated heterocycles. The quantitative estimate of drug-likeness (QED) is 0.573. The van der Waals surface area contributed by atoms with Gasteiger partial charge in [0.15, 0.2) is 0 Å². The third kappa shape index (κ3) is 3.87. The molecule has 5 nitrogen and oxygen atoms in total. The molecule has 27 heavy (non-hydrogen) atoms. The zero-order valence-electron chi connectivity index (χ0n) is 14.9. The van der Waals surface area contributed by atoms with Crippen LogP contribution in [0, 0.1) is 0 Å². The van der Waals surface area contributed by atoms with Crippen LogP contribution >= 0.6 is 0 Å². The standard InChI is InChI=1S/C22H20N4O/c27-22(24-16-17-8-6-7-15-23-17)14-13-21-25-19-11-4-5-12-20(19)26(21)18-9-2-1-3-10-18/h1-12,15H,13-14,16H2,(H,24,27). The number of aryl methyl sites for hydroxylation is 1. The minimum absolute atomic E-state index is 0.00711. The fraction of sp³-hybridized carbons (Fsp3) is 0.136. The molecule has 4 aromatic rings. The summed E-state index contributed by atoms with van der Waals surface area (Å²) in [7, 11) is 0. The van der Waals surface area contributed by atoms with Gasteiger partial charge in [-0.05, 0) is 36.4 Å².